The molecule has 1 saturated heterocycles. The number of sulfonamides is 1. The van der Waals surface area contributed by atoms with Gasteiger partial charge in [-0.15, -0.1) is 11.3 Å². The zero-order valence-electron chi connectivity index (χ0n) is 11.5. The lowest BCUT2D eigenvalue weighted by Gasteiger charge is -2.19. The van der Waals surface area contributed by atoms with E-state index in [0.29, 0.717) is 19.0 Å². The second kappa shape index (κ2) is 6.19. The first kappa shape index (κ1) is 15.4. The van der Waals surface area contributed by atoms with Gasteiger partial charge in [0.2, 0.25) is 0 Å². The molecule has 1 aromatic rings. The molecule has 1 aromatic heterocycles. The Hall–Kier alpha value is -0.990. The highest BCUT2D eigenvalue weighted by atomic mass is 32.2. The van der Waals surface area contributed by atoms with Gasteiger partial charge >= 0.3 is 5.97 Å². The van der Waals surface area contributed by atoms with Crippen LogP contribution < -0.4 is 0 Å². The lowest BCUT2D eigenvalue weighted by molar-refractivity contribution is 0.0590. The number of carbonyl (C=O) groups excluding carboxylic acids is 1. The maximum absolute atomic E-state index is 12.6. The van der Waals surface area contributed by atoms with Crippen molar-refractivity contribution in [2.75, 3.05) is 20.2 Å². The zero-order chi connectivity index (χ0) is 14.8. The summed E-state index contributed by atoms with van der Waals surface area (Å²) in [5.74, 6) is -0.190. The Morgan fingerprint density at radius 3 is 2.90 bits per heavy atom. The first-order valence-electron chi connectivity index (χ1n) is 6.48. The van der Waals surface area contributed by atoms with Crippen LogP contribution in [0.15, 0.2) is 9.72 Å². The van der Waals surface area contributed by atoms with Gasteiger partial charge in [-0.25, -0.2) is 18.2 Å². The molecule has 1 aliphatic heterocycles. The van der Waals surface area contributed by atoms with Crippen molar-refractivity contribution in [3.05, 3.63) is 11.2 Å². The fourth-order valence-corrected chi connectivity index (χ4v) is 5.01. The highest BCUT2D eigenvalue weighted by Gasteiger charge is 2.32. The fourth-order valence-electron chi connectivity index (χ4n) is 2.25. The molecule has 1 unspecified atom stereocenters. The molecule has 0 aliphatic carbocycles. The Balaban J connectivity index is 2.30. The number of ether oxygens (including phenoxy) is 1. The van der Waals surface area contributed by atoms with E-state index < -0.39 is 16.0 Å². The highest BCUT2D eigenvalue weighted by Crippen LogP contribution is 2.27. The average molecular weight is 318 g/mol. The number of methoxy groups -OCH3 is 1. The molecule has 0 saturated carbocycles. The third kappa shape index (κ3) is 3.02. The van der Waals surface area contributed by atoms with Gasteiger partial charge in [0, 0.05) is 13.1 Å². The second-order valence-corrected chi connectivity index (χ2v) is 7.91. The first-order chi connectivity index (χ1) is 9.46. The molecule has 112 valence electrons. The van der Waals surface area contributed by atoms with Crippen molar-refractivity contribution in [2.24, 2.45) is 5.92 Å². The standard InChI is InChI=1S/C12H18N2O4S2/c1-9-4-3-6-14(7-5-9)20(16,17)12-10(11(15)18-2)13-8-19-12/h8-9H,3-7H2,1-2H3. The number of hydrogen-bond acceptors (Lipinski definition) is 6. The molecule has 20 heavy (non-hydrogen) atoms. The van der Waals surface area contributed by atoms with Crippen LogP contribution in [0.1, 0.15) is 36.7 Å². The van der Waals surface area contributed by atoms with E-state index >= 15 is 0 Å². The Labute approximate surface area is 122 Å². The molecule has 0 radical (unpaired) electrons. The molecular weight excluding hydrogens is 300 g/mol. The lowest BCUT2D eigenvalue weighted by Crippen LogP contribution is -2.32. The van der Waals surface area contributed by atoms with Crippen LogP contribution in [-0.4, -0.2) is 43.9 Å². The molecule has 1 aliphatic rings. The molecule has 0 N–H and O–H groups in total. The number of aromatic nitrogens is 1. The van der Waals surface area contributed by atoms with Gasteiger partial charge in [0.1, 0.15) is 0 Å². The van der Waals surface area contributed by atoms with Gasteiger partial charge in [0.25, 0.3) is 10.0 Å². The van der Waals surface area contributed by atoms with Crippen LogP contribution >= 0.6 is 11.3 Å². The summed E-state index contributed by atoms with van der Waals surface area (Å²) in [6, 6.07) is 0. The smallest absolute Gasteiger partial charge is 0.358 e. The van der Waals surface area contributed by atoms with E-state index in [4.69, 9.17) is 0 Å². The number of hydrogen-bond donors (Lipinski definition) is 0. The number of nitrogens with zero attached hydrogens (tertiary/aromatic N) is 2. The van der Waals surface area contributed by atoms with Crippen molar-refractivity contribution >= 4 is 27.3 Å². The summed E-state index contributed by atoms with van der Waals surface area (Å²) in [6.45, 7) is 3.11. The third-order valence-corrected chi connectivity index (χ3v) is 6.71. The van der Waals surface area contributed by atoms with Crippen molar-refractivity contribution in [3.8, 4) is 0 Å². The summed E-state index contributed by atoms with van der Waals surface area (Å²) in [7, 11) is -2.45. The molecule has 2 rings (SSSR count). The maximum atomic E-state index is 12.6. The van der Waals surface area contributed by atoms with E-state index in [2.05, 4.69) is 16.6 Å². The van der Waals surface area contributed by atoms with Crippen molar-refractivity contribution < 1.29 is 17.9 Å². The topological polar surface area (TPSA) is 76.6 Å². The Kier molecular flexibility index (Phi) is 4.77. The SMILES string of the molecule is COC(=O)c1ncsc1S(=O)(=O)N1CCCC(C)CC1. The van der Waals surface area contributed by atoms with E-state index in [1.165, 1.54) is 16.9 Å². The number of thiazole rings is 1. The van der Waals surface area contributed by atoms with Gasteiger partial charge in [0.15, 0.2) is 9.90 Å². The van der Waals surface area contributed by atoms with E-state index in [1.807, 2.05) is 0 Å². The van der Waals surface area contributed by atoms with E-state index in [1.54, 1.807) is 0 Å². The van der Waals surface area contributed by atoms with Crippen LogP contribution in [0.5, 0.6) is 0 Å². The molecule has 8 heteroatoms. The van der Waals surface area contributed by atoms with E-state index in [0.717, 1.165) is 30.6 Å². The minimum atomic E-state index is -3.66. The van der Waals surface area contributed by atoms with Crippen LogP contribution in [0, 0.1) is 5.92 Å². The van der Waals surface area contributed by atoms with Crippen molar-refractivity contribution in [1.82, 2.24) is 9.29 Å². The summed E-state index contributed by atoms with van der Waals surface area (Å²) >= 11 is 0.960. The average Bonchev–Trinajstić information content (AvgIpc) is 2.81. The summed E-state index contributed by atoms with van der Waals surface area (Å²) in [4.78, 5) is 15.4. The molecule has 0 amide bonds. The summed E-state index contributed by atoms with van der Waals surface area (Å²) in [6.07, 6.45) is 2.71. The van der Waals surface area contributed by atoms with Crippen LogP contribution in [0.25, 0.3) is 0 Å². The molecule has 1 atom stereocenters. The molecular formula is C12H18N2O4S2. The quantitative estimate of drug-likeness (QED) is 0.793. The van der Waals surface area contributed by atoms with Crippen molar-refractivity contribution in [2.45, 2.75) is 30.4 Å². The molecule has 1 fully saturated rings. The zero-order valence-corrected chi connectivity index (χ0v) is 13.2. The highest BCUT2D eigenvalue weighted by molar-refractivity contribution is 7.91. The first-order valence-corrected chi connectivity index (χ1v) is 8.80. The maximum Gasteiger partial charge on any atom is 0.358 e. The summed E-state index contributed by atoms with van der Waals surface area (Å²) in [5.41, 5.74) is 1.24. The van der Waals surface area contributed by atoms with Gasteiger partial charge in [0.05, 0.1) is 12.6 Å². The normalized spacial score (nSPS) is 21.4. The second-order valence-electron chi connectivity index (χ2n) is 4.92. The Bertz CT molecular complexity index is 582. The predicted molar refractivity (Wildman–Crippen MR) is 75.2 cm³/mol. The van der Waals surface area contributed by atoms with E-state index in [-0.39, 0.29) is 9.90 Å². The summed E-state index contributed by atoms with van der Waals surface area (Å²) < 4.78 is 31.3. The largest absolute Gasteiger partial charge is 0.464 e. The van der Waals surface area contributed by atoms with Gasteiger partial charge in [-0.2, -0.15) is 4.31 Å². The number of carbonyl (C=O) groups is 1. The fraction of sp³-hybridized carbons (Fsp3) is 0.667. The molecule has 0 bridgehead atoms. The molecule has 2 heterocycles. The van der Waals surface area contributed by atoms with Gasteiger partial charge in [-0.3, -0.25) is 0 Å². The van der Waals surface area contributed by atoms with Crippen LogP contribution in [0.2, 0.25) is 0 Å². The van der Waals surface area contributed by atoms with Crippen LogP contribution in [0.3, 0.4) is 0 Å². The Morgan fingerprint density at radius 2 is 2.20 bits per heavy atom. The number of esters is 1. The molecule has 0 aromatic carbocycles. The van der Waals surface area contributed by atoms with Gasteiger partial charge in [-0.1, -0.05) is 6.92 Å². The third-order valence-electron chi connectivity index (χ3n) is 3.46. The molecule has 0 spiro atoms. The van der Waals surface area contributed by atoms with Crippen LogP contribution in [0.4, 0.5) is 0 Å². The number of rotatable bonds is 3. The monoisotopic (exact) mass is 318 g/mol. The van der Waals surface area contributed by atoms with E-state index in [9.17, 15) is 13.2 Å². The van der Waals surface area contributed by atoms with Crippen LogP contribution in [-0.2, 0) is 14.8 Å². The lowest BCUT2D eigenvalue weighted by atomic mass is 10.0. The molecule has 6 nitrogen and oxygen atoms in total. The van der Waals surface area contributed by atoms with Crippen molar-refractivity contribution in [1.29, 1.82) is 0 Å². The minimum absolute atomic E-state index is 0.0149. The van der Waals surface area contributed by atoms with Crippen molar-refractivity contribution in [3.63, 3.8) is 0 Å². The summed E-state index contributed by atoms with van der Waals surface area (Å²) in [5, 5.41) is 0. The van der Waals surface area contributed by atoms with Gasteiger partial charge < -0.3 is 4.74 Å². The van der Waals surface area contributed by atoms with Gasteiger partial charge in [-0.05, 0) is 25.2 Å². The predicted octanol–water partition coefficient (Wildman–Crippen LogP) is 1.74. The minimum Gasteiger partial charge on any atom is -0.464 e. The Morgan fingerprint density at radius 1 is 1.45 bits per heavy atom.